The fourth-order valence-electron chi connectivity index (χ4n) is 1.02. The average molecular weight is 201 g/mol. The number of rotatable bonds is 4. The third-order valence-electron chi connectivity index (χ3n) is 1.35. The van der Waals surface area contributed by atoms with Crippen LogP contribution in [0.3, 0.4) is 0 Å². The second kappa shape index (κ2) is 4.95. The second-order valence-electron chi connectivity index (χ2n) is 4.44. The predicted molar refractivity (Wildman–Crippen MR) is 54.6 cm³/mol. The van der Waals surface area contributed by atoms with Crippen LogP contribution in [0.15, 0.2) is 0 Å². The number of amides is 2. The molecule has 0 fully saturated rings. The molecule has 0 heterocycles. The van der Waals surface area contributed by atoms with Crippen molar-refractivity contribution in [3.63, 3.8) is 0 Å². The zero-order valence-electron chi connectivity index (χ0n) is 9.26. The van der Waals surface area contributed by atoms with Crippen LogP contribution in [0, 0.1) is 0 Å². The van der Waals surface area contributed by atoms with E-state index in [-0.39, 0.29) is 24.5 Å². The average Bonchev–Trinajstić information content (AvgIpc) is 1.77. The summed E-state index contributed by atoms with van der Waals surface area (Å²) in [5, 5.41) is 2.79. The van der Waals surface area contributed by atoms with Gasteiger partial charge < -0.3 is 11.1 Å². The van der Waals surface area contributed by atoms with Crippen LogP contribution in [0.25, 0.3) is 0 Å². The standard InChI is InChI=1S/C9H19N3O2/c1-9(2,3)11-8(14)6-12(4)5-7(10)13/h5-6H2,1-4H3,(H2,10,13)(H,11,14). The molecular formula is C9H19N3O2. The van der Waals surface area contributed by atoms with Crippen LogP contribution in [-0.4, -0.2) is 42.4 Å². The molecule has 0 atom stereocenters. The molecule has 0 aliphatic carbocycles. The maximum atomic E-state index is 11.3. The van der Waals surface area contributed by atoms with Gasteiger partial charge in [0.15, 0.2) is 0 Å². The Bertz CT molecular complexity index is 221. The number of hydrogen-bond acceptors (Lipinski definition) is 3. The Morgan fingerprint density at radius 1 is 1.29 bits per heavy atom. The van der Waals surface area contributed by atoms with Crippen molar-refractivity contribution in [3.05, 3.63) is 0 Å². The number of nitrogens with zero attached hydrogens (tertiary/aromatic N) is 1. The van der Waals surface area contributed by atoms with Gasteiger partial charge in [-0.2, -0.15) is 0 Å². The van der Waals surface area contributed by atoms with Gasteiger partial charge in [0.1, 0.15) is 0 Å². The molecule has 0 bridgehead atoms. The third-order valence-corrected chi connectivity index (χ3v) is 1.35. The van der Waals surface area contributed by atoms with Crippen LogP contribution in [-0.2, 0) is 9.59 Å². The van der Waals surface area contributed by atoms with E-state index in [1.54, 1.807) is 11.9 Å². The van der Waals surface area contributed by atoms with Crippen molar-refractivity contribution in [3.8, 4) is 0 Å². The fourth-order valence-corrected chi connectivity index (χ4v) is 1.02. The summed E-state index contributed by atoms with van der Waals surface area (Å²) in [7, 11) is 1.67. The van der Waals surface area contributed by atoms with Gasteiger partial charge >= 0.3 is 0 Å². The third kappa shape index (κ3) is 7.54. The van der Waals surface area contributed by atoms with E-state index in [4.69, 9.17) is 5.73 Å². The zero-order valence-corrected chi connectivity index (χ0v) is 9.26. The number of nitrogens with one attached hydrogen (secondary N) is 1. The summed E-state index contributed by atoms with van der Waals surface area (Å²) in [5.74, 6) is -0.544. The van der Waals surface area contributed by atoms with Crippen LogP contribution in [0.4, 0.5) is 0 Å². The largest absolute Gasteiger partial charge is 0.369 e. The summed E-state index contributed by atoms with van der Waals surface area (Å²) in [6, 6.07) is 0. The van der Waals surface area contributed by atoms with Crippen LogP contribution in [0.5, 0.6) is 0 Å². The first-order valence-electron chi connectivity index (χ1n) is 4.48. The Balaban J connectivity index is 3.89. The van der Waals surface area contributed by atoms with Crippen molar-refractivity contribution in [1.29, 1.82) is 0 Å². The SMILES string of the molecule is CN(CC(N)=O)CC(=O)NC(C)(C)C. The van der Waals surface area contributed by atoms with Gasteiger partial charge in [-0.15, -0.1) is 0 Å². The van der Waals surface area contributed by atoms with E-state index in [0.717, 1.165) is 0 Å². The topological polar surface area (TPSA) is 75.4 Å². The zero-order chi connectivity index (χ0) is 11.4. The minimum absolute atomic E-state index is 0.0948. The van der Waals surface area contributed by atoms with E-state index < -0.39 is 5.91 Å². The van der Waals surface area contributed by atoms with Gasteiger partial charge in [-0.1, -0.05) is 0 Å². The highest BCUT2D eigenvalue weighted by Gasteiger charge is 2.15. The molecule has 0 unspecified atom stereocenters. The summed E-state index contributed by atoms with van der Waals surface area (Å²) in [5.41, 5.74) is 4.74. The molecule has 0 radical (unpaired) electrons. The van der Waals surface area contributed by atoms with Crippen molar-refractivity contribution in [2.24, 2.45) is 5.73 Å². The predicted octanol–water partition coefficient (Wildman–Crippen LogP) is -0.682. The van der Waals surface area contributed by atoms with Gasteiger partial charge in [-0.3, -0.25) is 14.5 Å². The Labute approximate surface area is 84.6 Å². The minimum Gasteiger partial charge on any atom is -0.369 e. The van der Waals surface area contributed by atoms with Gasteiger partial charge in [-0.25, -0.2) is 0 Å². The minimum atomic E-state index is -0.434. The highest BCUT2D eigenvalue weighted by atomic mass is 16.2. The summed E-state index contributed by atoms with van der Waals surface area (Å²) in [6.45, 7) is 5.98. The van der Waals surface area contributed by atoms with Crippen molar-refractivity contribution in [2.45, 2.75) is 26.3 Å². The van der Waals surface area contributed by atoms with Gasteiger partial charge in [0, 0.05) is 5.54 Å². The molecule has 14 heavy (non-hydrogen) atoms. The van der Waals surface area contributed by atoms with E-state index in [1.165, 1.54) is 0 Å². The molecular weight excluding hydrogens is 182 g/mol. The first-order chi connectivity index (χ1) is 6.20. The Kier molecular flexibility index (Phi) is 4.56. The van der Waals surface area contributed by atoms with Crippen molar-refractivity contribution < 1.29 is 9.59 Å². The second-order valence-corrected chi connectivity index (χ2v) is 4.44. The van der Waals surface area contributed by atoms with Gasteiger partial charge in [0.05, 0.1) is 13.1 Å². The first-order valence-corrected chi connectivity index (χ1v) is 4.48. The highest BCUT2D eigenvalue weighted by molar-refractivity contribution is 5.80. The number of carbonyl (C=O) groups is 2. The molecule has 0 aromatic carbocycles. The van der Waals surface area contributed by atoms with Crippen molar-refractivity contribution in [2.75, 3.05) is 20.1 Å². The van der Waals surface area contributed by atoms with E-state index in [9.17, 15) is 9.59 Å². The number of carbonyl (C=O) groups excluding carboxylic acids is 2. The molecule has 3 N–H and O–H groups in total. The molecule has 0 saturated heterocycles. The normalized spacial score (nSPS) is 11.5. The van der Waals surface area contributed by atoms with Gasteiger partial charge in [0.2, 0.25) is 11.8 Å². The molecule has 0 rings (SSSR count). The Morgan fingerprint density at radius 3 is 2.14 bits per heavy atom. The lowest BCUT2D eigenvalue weighted by atomic mass is 10.1. The van der Waals surface area contributed by atoms with Crippen molar-refractivity contribution in [1.82, 2.24) is 10.2 Å². The number of hydrogen-bond donors (Lipinski definition) is 2. The molecule has 2 amide bonds. The molecule has 0 aliphatic heterocycles. The monoisotopic (exact) mass is 201 g/mol. The van der Waals surface area contributed by atoms with E-state index in [2.05, 4.69) is 5.32 Å². The number of primary amides is 1. The lowest BCUT2D eigenvalue weighted by Crippen LogP contribution is -2.46. The van der Waals surface area contributed by atoms with Gasteiger partial charge in [0.25, 0.3) is 0 Å². The summed E-state index contributed by atoms with van der Waals surface area (Å²) in [4.78, 5) is 23.4. The smallest absolute Gasteiger partial charge is 0.234 e. The van der Waals surface area contributed by atoms with Crippen LogP contribution in [0.2, 0.25) is 0 Å². The summed E-state index contributed by atoms with van der Waals surface area (Å²) in [6.07, 6.45) is 0. The van der Waals surface area contributed by atoms with Crippen LogP contribution >= 0.6 is 0 Å². The van der Waals surface area contributed by atoms with E-state index >= 15 is 0 Å². The highest BCUT2D eigenvalue weighted by Crippen LogP contribution is 1.97. The maximum Gasteiger partial charge on any atom is 0.234 e. The summed E-state index contributed by atoms with van der Waals surface area (Å²) >= 11 is 0. The fraction of sp³-hybridized carbons (Fsp3) is 0.778. The van der Waals surface area contributed by atoms with E-state index in [1.807, 2.05) is 20.8 Å². The molecule has 5 nitrogen and oxygen atoms in total. The molecule has 0 saturated carbocycles. The molecule has 0 aromatic rings. The Hall–Kier alpha value is -1.10. The molecule has 0 aromatic heterocycles. The quantitative estimate of drug-likeness (QED) is 0.632. The lowest BCUT2D eigenvalue weighted by Gasteiger charge is -2.22. The van der Waals surface area contributed by atoms with E-state index in [0.29, 0.717) is 0 Å². The number of nitrogens with two attached hydrogens (primary N) is 1. The van der Waals surface area contributed by atoms with Crippen LogP contribution in [0.1, 0.15) is 20.8 Å². The van der Waals surface area contributed by atoms with Gasteiger partial charge in [-0.05, 0) is 27.8 Å². The van der Waals surface area contributed by atoms with Crippen LogP contribution < -0.4 is 11.1 Å². The molecule has 5 heteroatoms. The summed E-state index contributed by atoms with van der Waals surface area (Å²) < 4.78 is 0. The molecule has 0 spiro atoms. The lowest BCUT2D eigenvalue weighted by molar-refractivity contribution is -0.124. The Morgan fingerprint density at radius 2 is 1.79 bits per heavy atom. The number of likely N-dealkylation sites (N-methyl/N-ethyl adjacent to an activating group) is 1. The maximum absolute atomic E-state index is 11.3. The first kappa shape index (κ1) is 12.9. The molecule has 0 aliphatic rings. The van der Waals surface area contributed by atoms with Crippen molar-refractivity contribution >= 4 is 11.8 Å². The molecule has 82 valence electrons.